The molecule has 0 amide bonds. The molecule has 1 aliphatic carbocycles. The minimum atomic E-state index is -4.35. The first-order chi connectivity index (χ1) is 8.90. The zero-order valence-electron chi connectivity index (χ0n) is 10.7. The molecule has 1 heterocycles. The molecule has 4 nitrogen and oxygen atoms in total. The van der Waals surface area contributed by atoms with E-state index in [0.717, 1.165) is 25.4 Å². The van der Waals surface area contributed by atoms with E-state index in [-0.39, 0.29) is 18.2 Å². The number of nitrogens with zero attached hydrogens (tertiary/aromatic N) is 2. The Labute approximate surface area is 109 Å². The van der Waals surface area contributed by atoms with Gasteiger partial charge < -0.3 is 10.4 Å². The Morgan fingerprint density at radius 3 is 2.84 bits per heavy atom. The van der Waals surface area contributed by atoms with Crippen LogP contribution in [0.25, 0.3) is 0 Å². The Morgan fingerprint density at radius 2 is 2.32 bits per heavy atom. The van der Waals surface area contributed by atoms with Crippen LogP contribution < -0.4 is 5.32 Å². The molecule has 0 radical (unpaired) electrons. The molecule has 1 aromatic rings. The van der Waals surface area contributed by atoms with E-state index in [1.165, 1.54) is 4.68 Å². The molecule has 1 aromatic heterocycles. The number of aromatic nitrogens is 2. The van der Waals surface area contributed by atoms with Crippen molar-refractivity contribution < 1.29 is 18.3 Å². The van der Waals surface area contributed by atoms with Gasteiger partial charge in [0.25, 0.3) is 0 Å². The second-order valence-corrected chi connectivity index (χ2v) is 5.07. The molecule has 1 saturated carbocycles. The highest BCUT2D eigenvalue weighted by molar-refractivity contribution is 5.10. The first-order valence-corrected chi connectivity index (χ1v) is 6.37. The summed E-state index contributed by atoms with van der Waals surface area (Å²) in [6, 6.07) is -0.0951. The molecule has 1 fully saturated rings. The summed E-state index contributed by atoms with van der Waals surface area (Å²) in [6.45, 7) is 2.66. The van der Waals surface area contributed by atoms with Gasteiger partial charge in [-0.25, -0.2) is 0 Å². The van der Waals surface area contributed by atoms with Crippen molar-refractivity contribution in [3.8, 4) is 0 Å². The van der Waals surface area contributed by atoms with E-state index in [9.17, 15) is 18.3 Å². The van der Waals surface area contributed by atoms with Crippen molar-refractivity contribution in [2.75, 3.05) is 13.2 Å². The average molecular weight is 277 g/mol. The molecular formula is C12H18F3N3O. The van der Waals surface area contributed by atoms with E-state index < -0.39 is 11.7 Å². The van der Waals surface area contributed by atoms with Crippen molar-refractivity contribution in [2.24, 2.45) is 0 Å². The fourth-order valence-electron chi connectivity index (χ4n) is 2.74. The zero-order valence-corrected chi connectivity index (χ0v) is 10.7. The fraction of sp³-hybridized carbons (Fsp3) is 0.750. The van der Waals surface area contributed by atoms with Crippen LogP contribution in [-0.4, -0.2) is 33.6 Å². The molecule has 19 heavy (non-hydrogen) atoms. The SMILES string of the molecule is CCNC1(CO)CCC(n2cc(C(F)(F)F)cn2)C1. The summed E-state index contributed by atoms with van der Waals surface area (Å²) in [7, 11) is 0. The quantitative estimate of drug-likeness (QED) is 0.884. The summed E-state index contributed by atoms with van der Waals surface area (Å²) in [4.78, 5) is 0. The number of likely N-dealkylation sites (N-methyl/N-ethyl adjacent to an activating group) is 1. The molecule has 0 aromatic carbocycles. The molecule has 0 saturated heterocycles. The second-order valence-electron chi connectivity index (χ2n) is 5.07. The van der Waals surface area contributed by atoms with Crippen LogP contribution in [0, 0.1) is 0 Å². The fourth-order valence-corrected chi connectivity index (χ4v) is 2.74. The number of rotatable bonds is 4. The van der Waals surface area contributed by atoms with Gasteiger partial charge in [0.05, 0.1) is 24.4 Å². The van der Waals surface area contributed by atoms with Crippen molar-refractivity contribution in [1.82, 2.24) is 15.1 Å². The predicted molar refractivity (Wildman–Crippen MR) is 63.6 cm³/mol. The van der Waals surface area contributed by atoms with Crippen molar-refractivity contribution in [1.29, 1.82) is 0 Å². The topological polar surface area (TPSA) is 50.1 Å². The van der Waals surface area contributed by atoms with Crippen LogP contribution in [0.1, 0.15) is 37.8 Å². The van der Waals surface area contributed by atoms with Gasteiger partial charge in [-0.3, -0.25) is 4.68 Å². The molecule has 0 aliphatic heterocycles. The van der Waals surface area contributed by atoms with Crippen molar-refractivity contribution >= 4 is 0 Å². The van der Waals surface area contributed by atoms with E-state index >= 15 is 0 Å². The van der Waals surface area contributed by atoms with Crippen molar-refractivity contribution in [2.45, 2.75) is 43.9 Å². The molecule has 2 atom stereocenters. The first-order valence-electron chi connectivity index (χ1n) is 6.37. The number of aliphatic hydroxyl groups is 1. The predicted octanol–water partition coefficient (Wildman–Crippen LogP) is 1.97. The number of hydrogen-bond acceptors (Lipinski definition) is 3. The van der Waals surface area contributed by atoms with Crippen LogP contribution in [0.2, 0.25) is 0 Å². The average Bonchev–Trinajstić information content (AvgIpc) is 2.94. The number of aliphatic hydroxyl groups excluding tert-OH is 1. The summed E-state index contributed by atoms with van der Waals surface area (Å²) >= 11 is 0. The Bertz CT molecular complexity index is 432. The monoisotopic (exact) mass is 277 g/mol. The normalized spacial score (nSPS) is 27.9. The maximum Gasteiger partial charge on any atom is 0.419 e. The van der Waals surface area contributed by atoms with E-state index in [1.807, 2.05) is 6.92 Å². The lowest BCUT2D eigenvalue weighted by Gasteiger charge is -2.28. The molecule has 2 unspecified atom stereocenters. The van der Waals surface area contributed by atoms with Crippen molar-refractivity contribution in [3.63, 3.8) is 0 Å². The van der Waals surface area contributed by atoms with Crippen LogP contribution in [-0.2, 0) is 6.18 Å². The molecule has 1 aliphatic rings. The van der Waals surface area contributed by atoms with Gasteiger partial charge >= 0.3 is 6.18 Å². The highest BCUT2D eigenvalue weighted by Crippen LogP contribution is 2.38. The third-order valence-electron chi connectivity index (χ3n) is 3.74. The zero-order chi connectivity index (χ0) is 14.1. The van der Waals surface area contributed by atoms with Gasteiger partial charge in [-0.1, -0.05) is 6.92 Å². The molecule has 7 heteroatoms. The van der Waals surface area contributed by atoms with E-state index in [0.29, 0.717) is 12.8 Å². The van der Waals surface area contributed by atoms with Crippen LogP contribution >= 0.6 is 0 Å². The lowest BCUT2D eigenvalue weighted by molar-refractivity contribution is -0.137. The Kier molecular flexibility index (Phi) is 3.87. The van der Waals surface area contributed by atoms with Crippen LogP contribution in [0.4, 0.5) is 13.2 Å². The van der Waals surface area contributed by atoms with E-state index in [1.54, 1.807) is 0 Å². The Balaban J connectivity index is 2.10. The van der Waals surface area contributed by atoms with Gasteiger partial charge in [0.15, 0.2) is 0 Å². The Hall–Kier alpha value is -1.08. The highest BCUT2D eigenvalue weighted by Gasteiger charge is 2.40. The van der Waals surface area contributed by atoms with Gasteiger partial charge in [0.1, 0.15) is 0 Å². The third-order valence-corrected chi connectivity index (χ3v) is 3.74. The third kappa shape index (κ3) is 2.92. The minimum absolute atomic E-state index is 0.00919. The summed E-state index contributed by atoms with van der Waals surface area (Å²) in [5.41, 5.74) is -1.11. The van der Waals surface area contributed by atoms with E-state index in [4.69, 9.17) is 0 Å². The van der Waals surface area contributed by atoms with Gasteiger partial charge in [-0.2, -0.15) is 18.3 Å². The molecule has 2 N–H and O–H groups in total. The maximum atomic E-state index is 12.5. The smallest absolute Gasteiger partial charge is 0.394 e. The summed E-state index contributed by atoms with van der Waals surface area (Å²) in [5.74, 6) is 0. The maximum absolute atomic E-state index is 12.5. The van der Waals surface area contributed by atoms with Crippen LogP contribution in [0.3, 0.4) is 0 Å². The van der Waals surface area contributed by atoms with E-state index in [2.05, 4.69) is 10.4 Å². The van der Waals surface area contributed by atoms with Gasteiger partial charge in [-0.05, 0) is 25.8 Å². The highest BCUT2D eigenvalue weighted by atomic mass is 19.4. The first kappa shape index (κ1) is 14.3. The summed E-state index contributed by atoms with van der Waals surface area (Å²) in [5, 5.41) is 16.5. The van der Waals surface area contributed by atoms with Crippen molar-refractivity contribution in [3.05, 3.63) is 18.0 Å². The molecule has 0 spiro atoms. The standard InChI is InChI=1S/C12H18F3N3O/c1-2-16-11(8-19)4-3-10(5-11)18-7-9(6-17-18)12(13,14)15/h6-7,10,16,19H,2-5,8H2,1H3. The Morgan fingerprint density at radius 1 is 1.58 bits per heavy atom. The number of halogens is 3. The summed E-state index contributed by atoms with van der Waals surface area (Å²) in [6.07, 6.45) is -0.408. The number of hydrogen-bond donors (Lipinski definition) is 2. The molecule has 2 rings (SSSR count). The second kappa shape index (κ2) is 5.13. The van der Waals surface area contributed by atoms with Crippen LogP contribution in [0.5, 0.6) is 0 Å². The van der Waals surface area contributed by atoms with Gasteiger partial charge in [0.2, 0.25) is 0 Å². The van der Waals surface area contributed by atoms with Crippen LogP contribution in [0.15, 0.2) is 12.4 Å². The largest absolute Gasteiger partial charge is 0.419 e. The molecule has 108 valence electrons. The lowest BCUT2D eigenvalue weighted by atomic mass is 9.98. The van der Waals surface area contributed by atoms with Gasteiger partial charge in [-0.15, -0.1) is 0 Å². The molecule has 0 bridgehead atoms. The molecular weight excluding hydrogens is 259 g/mol. The number of alkyl halides is 3. The van der Waals surface area contributed by atoms with Gasteiger partial charge in [0, 0.05) is 11.7 Å². The minimum Gasteiger partial charge on any atom is -0.394 e. The summed E-state index contributed by atoms with van der Waals surface area (Å²) < 4.78 is 38.9. The number of nitrogens with one attached hydrogen (secondary N) is 1. The lowest BCUT2D eigenvalue weighted by Crippen LogP contribution is -2.46.